The summed E-state index contributed by atoms with van der Waals surface area (Å²) >= 11 is 1.55. The summed E-state index contributed by atoms with van der Waals surface area (Å²) in [5.41, 5.74) is 9.27. The average Bonchev–Trinajstić information content (AvgIpc) is 2.73. The molecule has 0 saturated carbocycles. The molecule has 1 aliphatic heterocycles. The van der Waals surface area contributed by atoms with Crippen molar-refractivity contribution in [1.82, 2.24) is 16.2 Å². The zero-order chi connectivity index (χ0) is 22.5. The highest BCUT2D eigenvalue weighted by Gasteiger charge is 2.25. The van der Waals surface area contributed by atoms with Crippen LogP contribution in [0.1, 0.15) is 59.8 Å². The molecule has 0 aromatic rings. The Labute approximate surface area is 183 Å². The van der Waals surface area contributed by atoms with Crippen molar-refractivity contribution in [1.29, 1.82) is 0 Å². The van der Waals surface area contributed by atoms with Crippen LogP contribution in [0, 0.1) is 5.92 Å². The number of carbonyl (C=O) groups excluding carboxylic acids is 2. The molecule has 1 heterocycles. The molecule has 4 N–H and O–H groups in total. The van der Waals surface area contributed by atoms with E-state index in [9.17, 15) is 14.4 Å². The molecule has 1 aliphatic rings. The Bertz CT molecular complexity index is 696. The number of nitrogens with one attached hydrogen (secondary N) is 3. The number of carboxylic acid groups (broad SMARTS) is 1. The molecule has 0 aromatic carbocycles. The number of amides is 2. The lowest BCUT2D eigenvalue weighted by Gasteiger charge is -2.19. The van der Waals surface area contributed by atoms with E-state index in [0.717, 1.165) is 37.1 Å². The Balaban J connectivity index is 2.51. The van der Waals surface area contributed by atoms with Gasteiger partial charge in [-0.2, -0.15) is 11.8 Å². The maximum Gasteiger partial charge on any atom is 0.304 e. The zero-order valence-corrected chi connectivity index (χ0v) is 19.2. The highest BCUT2D eigenvalue weighted by molar-refractivity contribution is 7.99. The van der Waals surface area contributed by atoms with Gasteiger partial charge in [0.25, 0.3) is 5.91 Å². The van der Waals surface area contributed by atoms with Crippen LogP contribution in [-0.2, 0) is 14.4 Å². The second-order valence-electron chi connectivity index (χ2n) is 7.85. The maximum absolute atomic E-state index is 12.4. The first-order valence-corrected chi connectivity index (χ1v) is 11.5. The molecule has 0 radical (unpaired) electrons. The first-order valence-electron chi connectivity index (χ1n) is 10.3. The van der Waals surface area contributed by atoms with Crippen LogP contribution in [0.4, 0.5) is 0 Å². The van der Waals surface area contributed by atoms with Gasteiger partial charge in [0, 0.05) is 23.1 Å². The molecule has 1 rings (SSSR count). The van der Waals surface area contributed by atoms with Gasteiger partial charge in [-0.1, -0.05) is 36.3 Å². The predicted octanol–water partition coefficient (Wildman–Crippen LogP) is 3.31. The molecule has 30 heavy (non-hydrogen) atoms. The van der Waals surface area contributed by atoms with E-state index >= 15 is 0 Å². The van der Waals surface area contributed by atoms with Crippen molar-refractivity contribution in [3.05, 3.63) is 35.1 Å². The van der Waals surface area contributed by atoms with Gasteiger partial charge in [-0.3, -0.25) is 19.8 Å². The van der Waals surface area contributed by atoms with E-state index in [2.05, 4.69) is 55.2 Å². The maximum atomic E-state index is 12.4. The Morgan fingerprint density at radius 3 is 2.67 bits per heavy atom. The van der Waals surface area contributed by atoms with Crippen LogP contribution in [0.2, 0.25) is 0 Å². The highest BCUT2D eigenvalue weighted by Crippen LogP contribution is 2.13. The van der Waals surface area contributed by atoms with E-state index in [0.29, 0.717) is 5.75 Å². The van der Waals surface area contributed by atoms with Crippen molar-refractivity contribution in [2.45, 2.75) is 65.8 Å². The molecule has 0 aliphatic carbocycles. The van der Waals surface area contributed by atoms with Crippen LogP contribution in [0.15, 0.2) is 35.1 Å². The summed E-state index contributed by atoms with van der Waals surface area (Å²) in [7, 11) is 0. The molecule has 2 amide bonds. The van der Waals surface area contributed by atoms with E-state index in [1.165, 1.54) is 18.1 Å². The molecule has 7 nitrogen and oxygen atoms in total. The first kappa shape index (κ1) is 25.8. The van der Waals surface area contributed by atoms with Crippen LogP contribution >= 0.6 is 11.8 Å². The molecule has 0 aromatic heterocycles. The lowest BCUT2D eigenvalue weighted by molar-refractivity contribution is -0.141. The number of carboxylic acids is 1. The minimum Gasteiger partial charge on any atom is -0.481 e. The van der Waals surface area contributed by atoms with Crippen molar-refractivity contribution in [3.8, 4) is 0 Å². The topological polar surface area (TPSA) is 108 Å². The van der Waals surface area contributed by atoms with Gasteiger partial charge in [0.1, 0.15) is 6.04 Å². The van der Waals surface area contributed by atoms with Gasteiger partial charge in [-0.05, 0) is 46.5 Å². The summed E-state index contributed by atoms with van der Waals surface area (Å²) in [5, 5.41) is 11.5. The Hall–Kier alpha value is -2.22. The molecule has 0 fully saturated rings. The van der Waals surface area contributed by atoms with Gasteiger partial charge in [0.05, 0.1) is 6.42 Å². The van der Waals surface area contributed by atoms with E-state index < -0.39 is 23.8 Å². The van der Waals surface area contributed by atoms with E-state index in [1.807, 2.05) is 0 Å². The summed E-state index contributed by atoms with van der Waals surface area (Å²) in [6.07, 6.45) is 10.0. The third-order valence-corrected chi connectivity index (χ3v) is 5.61. The van der Waals surface area contributed by atoms with Crippen molar-refractivity contribution in [2.24, 2.45) is 5.92 Å². The molecule has 168 valence electrons. The summed E-state index contributed by atoms with van der Waals surface area (Å²) in [6.45, 7) is 7.89. The highest BCUT2D eigenvalue weighted by atomic mass is 32.2. The number of carbonyl (C=O) groups is 3. The summed E-state index contributed by atoms with van der Waals surface area (Å²) in [6, 6.07) is -0.712. The lowest BCUT2D eigenvalue weighted by atomic mass is 10.1. The first-order chi connectivity index (χ1) is 14.2. The fourth-order valence-corrected chi connectivity index (χ4v) is 3.73. The number of thioether (sulfide) groups is 1. The SMILES string of the molecule is CC(C)=CCC/C(C)=C/CC/C1=C/CSC[C@H](NC(=O)[C@@H](C)CC(=O)O)C(=O)NN1. The molecule has 0 bridgehead atoms. The van der Waals surface area contributed by atoms with Crippen LogP contribution in [0.3, 0.4) is 0 Å². The van der Waals surface area contributed by atoms with Gasteiger partial charge in [-0.15, -0.1) is 0 Å². The molecule has 2 atom stereocenters. The van der Waals surface area contributed by atoms with Crippen molar-refractivity contribution in [3.63, 3.8) is 0 Å². The normalized spacial score (nSPS) is 20.3. The van der Waals surface area contributed by atoms with Crippen LogP contribution in [-0.4, -0.2) is 40.4 Å². The number of hydrogen-bond donors (Lipinski definition) is 4. The molecule has 0 unspecified atom stereocenters. The number of rotatable bonds is 10. The predicted molar refractivity (Wildman–Crippen MR) is 122 cm³/mol. The van der Waals surface area contributed by atoms with Crippen molar-refractivity contribution < 1.29 is 19.5 Å². The summed E-state index contributed by atoms with van der Waals surface area (Å²) in [4.78, 5) is 35.4. The number of allylic oxidation sites excluding steroid dienone is 5. The van der Waals surface area contributed by atoms with Gasteiger partial charge in [0.2, 0.25) is 5.91 Å². The van der Waals surface area contributed by atoms with Gasteiger partial charge >= 0.3 is 5.97 Å². The third-order valence-electron chi connectivity index (χ3n) is 4.64. The number of aliphatic carboxylic acids is 1. The van der Waals surface area contributed by atoms with Crippen LogP contribution < -0.4 is 16.2 Å². The fraction of sp³-hybridized carbons (Fsp3) is 0.591. The number of hydrogen-bond acceptors (Lipinski definition) is 5. The monoisotopic (exact) mass is 437 g/mol. The minimum absolute atomic E-state index is 0.265. The molecule has 0 saturated heterocycles. The van der Waals surface area contributed by atoms with Crippen LogP contribution in [0.5, 0.6) is 0 Å². The third kappa shape index (κ3) is 11.1. The lowest BCUT2D eigenvalue weighted by Crippen LogP contribution is -2.52. The average molecular weight is 438 g/mol. The Morgan fingerprint density at radius 1 is 1.27 bits per heavy atom. The second-order valence-corrected chi connectivity index (χ2v) is 8.93. The molecular weight excluding hydrogens is 402 g/mol. The molecule has 8 heteroatoms. The summed E-state index contributed by atoms with van der Waals surface area (Å²) < 4.78 is 0. The smallest absolute Gasteiger partial charge is 0.304 e. The van der Waals surface area contributed by atoms with E-state index in [1.54, 1.807) is 11.8 Å². The van der Waals surface area contributed by atoms with Gasteiger partial charge in [0.15, 0.2) is 0 Å². The van der Waals surface area contributed by atoms with E-state index in [-0.39, 0.29) is 12.3 Å². The zero-order valence-electron chi connectivity index (χ0n) is 18.4. The summed E-state index contributed by atoms with van der Waals surface area (Å²) in [5.74, 6) is -1.35. The van der Waals surface area contributed by atoms with Crippen LogP contribution in [0.25, 0.3) is 0 Å². The second kappa shape index (κ2) is 13.9. The van der Waals surface area contributed by atoms with Gasteiger partial charge < -0.3 is 15.8 Å². The van der Waals surface area contributed by atoms with Gasteiger partial charge in [-0.25, -0.2) is 0 Å². The minimum atomic E-state index is -1.04. The molecule has 0 spiro atoms. The largest absolute Gasteiger partial charge is 0.481 e. The van der Waals surface area contributed by atoms with E-state index in [4.69, 9.17) is 5.11 Å². The fourth-order valence-electron chi connectivity index (χ4n) is 2.81. The number of hydrazine groups is 1. The van der Waals surface area contributed by atoms with Crippen molar-refractivity contribution >= 4 is 29.5 Å². The van der Waals surface area contributed by atoms with Crippen molar-refractivity contribution in [2.75, 3.05) is 11.5 Å². The quantitative estimate of drug-likeness (QED) is 0.391. The molecular formula is C22H35N3O4S. The Kier molecular flexibility index (Phi) is 12.0. The standard InChI is InChI=1S/C22H35N3O4S/c1-15(2)7-5-8-16(3)9-6-10-18-11-12-30-14-19(22(29)25-24-18)23-21(28)17(4)13-20(26)27/h7,9,11,17,19,24H,5-6,8,10,12-14H2,1-4H3,(H,23,28)(H,25,29)(H,26,27)/b16-9+,18-11-/t17-,19-/m0/s1. The Morgan fingerprint density at radius 2 is 2.00 bits per heavy atom.